The van der Waals surface area contributed by atoms with E-state index in [2.05, 4.69) is 5.32 Å². The Morgan fingerprint density at radius 3 is 2.41 bits per heavy atom. The van der Waals surface area contributed by atoms with E-state index in [0.29, 0.717) is 18.4 Å². The lowest BCUT2D eigenvalue weighted by atomic mass is 9.95. The van der Waals surface area contributed by atoms with E-state index >= 15 is 0 Å². The summed E-state index contributed by atoms with van der Waals surface area (Å²) in [6.07, 6.45) is 2.33. The molecule has 27 heavy (non-hydrogen) atoms. The Hall–Kier alpha value is -2.74. The first kappa shape index (κ1) is 19.0. The quantitative estimate of drug-likeness (QED) is 0.789. The molecule has 1 aliphatic carbocycles. The van der Waals surface area contributed by atoms with Crippen molar-refractivity contribution < 1.29 is 27.5 Å². The van der Waals surface area contributed by atoms with E-state index in [1.54, 1.807) is 18.2 Å². The van der Waals surface area contributed by atoms with E-state index in [4.69, 9.17) is 0 Å². The fraction of sp³-hybridized carbons (Fsp3) is 0.263. The number of carboxylic acids is 1. The number of sulfone groups is 1. The number of anilines is 1. The highest BCUT2D eigenvalue weighted by molar-refractivity contribution is 7.90. The Bertz CT molecular complexity index is 1030. The van der Waals surface area contributed by atoms with Gasteiger partial charge < -0.3 is 10.4 Å². The summed E-state index contributed by atoms with van der Waals surface area (Å²) < 4.78 is 37.5. The summed E-state index contributed by atoms with van der Waals surface area (Å²) in [5, 5.41) is 11.8. The van der Waals surface area contributed by atoms with E-state index in [1.165, 1.54) is 18.2 Å². The van der Waals surface area contributed by atoms with Gasteiger partial charge in [-0.3, -0.25) is 4.79 Å². The molecule has 1 aliphatic rings. The molecule has 0 heterocycles. The normalized spacial score (nSPS) is 15.2. The zero-order valence-corrected chi connectivity index (χ0v) is 15.3. The lowest BCUT2D eigenvalue weighted by Gasteiger charge is -2.16. The Morgan fingerprint density at radius 1 is 1.19 bits per heavy atom. The van der Waals surface area contributed by atoms with Crippen molar-refractivity contribution in [3.8, 4) is 0 Å². The van der Waals surface area contributed by atoms with Crippen molar-refractivity contribution in [3.05, 3.63) is 59.4 Å². The highest BCUT2D eigenvalue weighted by Gasteiger charge is 2.50. The number of rotatable bonds is 6. The van der Waals surface area contributed by atoms with Gasteiger partial charge in [-0.05, 0) is 49.1 Å². The Kier molecular flexibility index (Phi) is 4.77. The molecular formula is C19H18FNO5S. The van der Waals surface area contributed by atoms with Gasteiger partial charge in [0.15, 0.2) is 9.84 Å². The largest absolute Gasteiger partial charge is 0.478 e. The Morgan fingerprint density at radius 2 is 1.85 bits per heavy atom. The molecule has 1 amide bonds. The number of hydrogen-bond acceptors (Lipinski definition) is 4. The average molecular weight is 391 g/mol. The van der Waals surface area contributed by atoms with Crippen LogP contribution in [0.4, 0.5) is 10.1 Å². The smallest absolute Gasteiger partial charge is 0.335 e. The van der Waals surface area contributed by atoms with Crippen LogP contribution in [-0.2, 0) is 21.1 Å². The van der Waals surface area contributed by atoms with Gasteiger partial charge in [-0.2, -0.15) is 0 Å². The molecule has 6 nitrogen and oxygen atoms in total. The van der Waals surface area contributed by atoms with Crippen molar-refractivity contribution in [2.24, 2.45) is 5.41 Å². The second-order valence-corrected chi connectivity index (χ2v) is 8.84. The number of carbonyl (C=O) groups is 2. The predicted octanol–water partition coefficient (Wildman–Crippen LogP) is 2.89. The van der Waals surface area contributed by atoms with Crippen molar-refractivity contribution in [2.45, 2.75) is 24.2 Å². The van der Waals surface area contributed by atoms with Gasteiger partial charge >= 0.3 is 5.97 Å². The van der Waals surface area contributed by atoms with Gasteiger partial charge in [-0.25, -0.2) is 17.6 Å². The summed E-state index contributed by atoms with van der Waals surface area (Å²) in [5.74, 6) is -2.07. The topological polar surface area (TPSA) is 101 Å². The first-order valence-corrected chi connectivity index (χ1v) is 10.1. The second-order valence-electron chi connectivity index (χ2n) is 6.83. The molecule has 2 aromatic rings. The highest BCUT2D eigenvalue weighted by Crippen LogP contribution is 2.49. The first-order valence-electron chi connectivity index (χ1n) is 8.24. The van der Waals surface area contributed by atoms with Crippen LogP contribution < -0.4 is 5.32 Å². The minimum atomic E-state index is -3.66. The Labute approximate surface area is 155 Å². The third-order valence-electron chi connectivity index (χ3n) is 4.66. The molecule has 0 bridgehead atoms. The van der Waals surface area contributed by atoms with Gasteiger partial charge in [-0.15, -0.1) is 0 Å². The molecule has 0 atom stereocenters. The maximum Gasteiger partial charge on any atom is 0.335 e. The van der Waals surface area contributed by atoms with Gasteiger partial charge in [0.2, 0.25) is 5.91 Å². The summed E-state index contributed by atoms with van der Waals surface area (Å²) in [5.41, 5.74) is -0.499. The van der Waals surface area contributed by atoms with Crippen LogP contribution in [0.15, 0.2) is 47.4 Å². The molecule has 1 saturated carbocycles. The van der Waals surface area contributed by atoms with Gasteiger partial charge in [0.25, 0.3) is 0 Å². The minimum Gasteiger partial charge on any atom is -0.478 e. The lowest BCUT2D eigenvalue weighted by Crippen LogP contribution is -2.26. The van der Waals surface area contributed by atoms with Crippen molar-refractivity contribution >= 4 is 27.4 Å². The van der Waals surface area contributed by atoms with Crippen LogP contribution in [-0.4, -0.2) is 31.7 Å². The summed E-state index contributed by atoms with van der Waals surface area (Å²) in [6.45, 7) is 0. The monoisotopic (exact) mass is 391 g/mol. The fourth-order valence-corrected chi connectivity index (χ4v) is 3.60. The lowest BCUT2D eigenvalue weighted by molar-refractivity contribution is -0.121. The molecule has 3 rings (SSSR count). The van der Waals surface area contributed by atoms with Crippen molar-refractivity contribution in [3.63, 3.8) is 0 Å². The highest BCUT2D eigenvalue weighted by atomic mass is 32.2. The van der Waals surface area contributed by atoms with E-state index in [0.717, 1.165) is 12.3 Å². The number of carbonyl (C=O) groups excluding carboxylic acids is 1. The van der Waals surface area contributed by atoms with Crippen LogP contribution in [0.2, 0.25) is 0 Å². The zero-order valence-electron chi connectivity index (χ0n) is 14.5. The van der Waals surface area contributed by atoms with Crippen molar-refractivity contribution in [1.82, 2.24) is 0 Å². The van der Waals surface area contributed by atoms with Crippen LogP contribution in [0.5, 0.6) is 0 Å². The predicted molar refractivity (Wildman–Crippen MR) is 96.9 cm³/mol. The summed E-state index contributed by atoms with van der Waals surface area (Å²) in [6, 6.07) is 9.68. The van der Waals surface area contributed by atoms with E-state index in [-0.39, 0.29) is 34.3 Å². The molecule has 2 aromatic carbocycles. The van der Waals surface area contributed by atoms with E-state index < -0.39 is 21.2 Å². The van der Waals surface area contributed by atoms with Crippen molar-refractivity contribution in [2.75, 3.05) is 11.6 Å². The van der Waals surface area contributed by atoms with Gasteiger partial charge in [0.1, 0.15) is 5.82 Å². The van der Waals surface area contributed by atoms with Crippen LogP contribution in [0.1, 0.15) is 28.8 Å². The van der Waals surface area contributed by atoms with Gasteiger partial charge in [0.05, 0.1) is 15.9 Å². The molecule has 2 N–H and O–H groups in total. The number of hydrogen-bond donors (Lipinski definition) is 2. The van der Waals surface area contributed by atoms with Crippen LogP contribution in [0.3, 0.4) is 0 Å². The third kappa shape index (κ3) is 4.16. The van der Waals surface area contributed by atoms with E-state index in [1.807, 2.05) is 0 Å². The number of halogens is 1. The maximum absolute atomic E-state index is 13.9. The molecule has 0 unspecified atom stereocenters. The third-order valence-corrected chi connectivity index (χ3v) is 5.75. The average Bonchev–Trinajstić information content (AvgIpc) is 3.37. The molecule has 0 radical (unpaired) electrons. The van der Waals surface area contributed by atoms with Gasteiger partial charge in [-0.1, -0.05) is 18.2 Å². The molecule has 1 fully saturated rings. The van der Waals surface area contributed by atoms with Crippen LogP contribution >= 0.6 is 0 Å². The Balaban J connectivity index is 1.86. The number of nitrogens with one attached hydrogen (secondary N) is 1. The number of benzene rings is 2. The summed E-state index contributed by atoms with van der Waals surface area (Å²) in [4.78, 5) is 23.8. The molecule has 8 heteroatoms. The molecule has 0 spiro atoms. The second kappa shape index (κ2) is 6.77. The molecule has 0 saturated heterocycles. The zero-order chi connectivity index (χ0) is 19.8. The standard InChI is InChI=1S/C19H18FNO5S/c1-27(25,26)15-9-13(17(22)23)8-14(10-15)21-18(24)19(6-7-19)11-12-4-2-3-5-16(12)20/h2-5,8-10H,6-7,11H2,1H3,(H,21,24)(H,22,23). The molecular weight excluding hydrogens is 373 g/mol. The number of amides is 1. The van der Waals surface area contributed by atoms with E-state index in [9.17, 15) is 27.5 Å². The SMILES string of the molecule is CS(=O)(=O)c1cc(NC(=O)C2(Cc3ccccc3F)CC2)cc(C(=O)O)c1. The van der Waals surface area contributed by atoms with Crippen LogP contribution in [0.25, 0.3) is 0 Å². The van der Waals surface area contributed by atoms with Crippen molar-refractivity contribution in [1.29, 1.82) is 0 Å². The first-order chi connectivity index (χ1) is 12.6. The molecule has 0 aliphatic heterocycles. The van der Waals surface area contributed by atoms with Crippen LogP contribution in [0, 0.1) is 11.2 Å². The summed E-state index contributed by atoms with van der Waals surface area (Å²) in [7, 11) is -3.66. The minimum absolute atomic E-state index is 0.0835. The fourth-order valence-electron chi connectivity index (χ4n) is 2.91. The molecule has 0 aromatic heterocycles. The number of aromatic carboxylic acids is 1. The number of carboxylic acid groups (broad SMARTS) is 1. The van der Waals surface area contributed by atoms with Gasteiger partial charge in [0, 0.05) is 11.9 Å². The summed E-state index contributed by atoms with van der Waals surface area (Å²) >= 11 is 0. The molecule has 142 valence electrons. The maximum atomic E-state index is 13.9.